The second-order valence-corrected chi connectivity index (χ2v) is 5.05. The Morgan fingerprint density at radius 3 is 2.14 bits per heavy atom. The Hall–Kier alpha value is -1.34. The summed E-state index contributed by atoms with van der Waals surface area (Å²) in [5.74, 6) is -1.02. The first-order chi connectivity index (χ1) is 9.88. The van der Waals surface area contributed by atoms with Gasteiger partial charge in [-0.15, -0.1) is 0 Å². The maximum absolute atomic E-state index is 12.7. The molecule has 0 aromatic heterocycles. The first-order valence-corrected chi connectivity index (χ1v) is 7.15. The van der Waals surface area contributed by atoms with Crippen molar-refractivity contribution in [3.05, 3.63) is 0 Å². The van der Waals surface area contributed by atoms with E-state index in [4.69, 9.17) is 14.6 Å². The Morgan fingerprint density at radius 1 is 1.10 bits per heavy atom. The fourth-order valence-corrected chi connectivity index (χ4v) is 1.97. The summed E-state index contributed by atoms with van der Waals surface area (Å²) >= 11 is 0. The molecule has 0 heterocycles. The van der Waals surface area contributed by atoms with Crippen LogP contribution >= 0.6 is 0 Å². The van der Waals surface area contributed by atoms with Gasteiger partial charge in [-0.2, -0.15) is 0 Å². The molecule has 2 unspecified atom stereocenters. The van der Waals surface area contributed by atoms with Crippen LogP contribution in [-0.2, 0) is 14.3 Å². The van der Waals surface area contributed by atoms with Gasteiger partial charge in [-0.05, 0) is 20.3 Å². The summed E-state index contributed by atoms with van der Waals surface area (Å²) in [4.78, 5) is 26.7. The van der Waals surface area contributed by atoms with Crippen molar-refractivity contribution in [3.63, 3.8) is 0 Å². The van der Waals surface area contributed by atoms with Crippen LogP contribution in [0.1, 0.15) is 27.2 Å². The van der Waals surface area contributed by atoms with Crippen LogP contribution in [0.4, 0.5) is 4.79 Å². The van der Waals surface area contributed by atoms with E-state index in [1.54, 1.807) is 19.1 Å². The Morgan fingerprint density at radius 2 is 1.71 bits per heavy atom. The quantitative estimate of drug-likeness (QED) is 0.657. The summed E-state index contributed by atoms with van der Waals surface area (Å²) < 4.78 is 10.1. The second kappa shape index (κ2) is 10.4. The Balaban J connectivity index is 5.11. The second-order valence-electron chi connectivity index (χ2n) is 5.05. The topological polar surface area (TPSA) is 79.3 Å². The molecule has 0 aromatic rings. The van der Waals surface area contributed by atoms with Crippen LogP contribution in [0, 0.1) is 0 Å². The number of ether oxygens (including phenoxy) is 2. The molecule has 0 fully saturated rings. The lowest BCUT2D eigenvalue weighted by molar-refractivity contribution is -0.138. The highest BCUT2D eigenvalue weighted by atomic mass is 16.5. The maximum atomic E-state index is 12.7. The molecular formula is C14H28N2O5. The Bertz CT molecular complexity index is 324. The van der Waals surface area contributed by atoms with E-state index < -0.39 is 5.97 Å². The number of carbonyl (C=O) groups excluding carboxylic acids is 1. The highest BCUT2D eigenvalue weighted by Crippen LogP contribution is 2.11. The zero-order chi connectivity index (χ0) is 16.4. The van der Waals surface area contributed by atoms with E-state index in [1.165, 1.54) is 4.90 Å². The smallest absolute Gasteiger partial charge is 0.323 e. The van der Waals surface area contributed by atoms with Gasteiger partial charge in [-0.25, -0.2) is 4.79 Å². The maximum Gasteiger partial charge on any atom is 0.323 e. The van der Waals surface area contributed by atoms with Gasteiger partial charge in [0.1, 0.15) is 6.54 Å². The predicted octanol–water partition coefficient (Wildman–Crippen LogP) is 1.27. The van der Waals surface area contributed by atoms with Gasteiger partial charge in [0, 0.05) is 26.8 Å². The van der Waals surface area contributed by atoms with E-state index in [1.807, 2.05) is 20.8 Å². The summed E-state index contributed by atoms with van der Waals surface area (Å²) in [6.07, 6.45) is 0.690. The lowest BCUT2D eigenvalue weighted by Crippen LogP contribution is -2.53. The fraction of sp³-hybridized carbons (Fsp3) is 0.857. The van der Waals surface area contributed by atoms with Gasteiger partial charge in [0.15, 0.2) is 0 Å². The lowest BCUT2D eigenvalue weighted by Gasteiger charge is -2.36. The fourth-order valence-electron chi connectivity index (χ4n) is 1.97. The molecule has 0 aromatic carbocycles. The number of rotatable bonds is 10. The molecule has 1 N–H and O–H groups in total. The molecule has 0 saturated carbocycles. The van der Waals surface area contributed by atoms with Crippen molar-refractivity contribution in [2.75, 3.05) is 40.5 Å². The van der Waals surface area contributed by atoms with Gasteiger partial charge in [0.05, 0.1) is 19.3 Å². The van der Waals surface area contributed by atoms with Crippen LogP contribution in [-0.4, -0.2) is 79.5 Å². The first kappa shape index (κ1) is 19.7. The van der Waals surface area contributed by atoms with Crippen molar-refractivity contribution in [2.24, 2.45) is 0 Å². The average Bonchev–Trinajstić information content (AvgIpc) is 2.44. The molecule has 0 bridgehead atoms. The predicted molar refractivity (Wildman–Crippen MR) is 79.4 cm³/mol. The number of nitrogens with zero attached hydrogens (tertiary/aromatic N) is 2. The number of aliphatic carboxylic acids is 1. The van der Waals surface area contributed by atoms with E-state index in [-0.39, 0.29) is 24.7 Å². The molecule has 0 spiro atoms. The van der Waals surface area contributed by atoms with E-state index in [0.717, 1.165) is 0 Å². The minimum Gasteiger partial charge on any atom is -0.480 e. The highest BCUT2D eigenvalue weighted by Gasteiger charge is 2.29. The minimum absolute atomic E-state index is 0.145. The van der Waals surface area contributed by atoms with Gasteiger partial charge < -0.3 is 24.4 Å². The third-order valence-corrected chi connectivity index (χ3v) is 3.40. The monoisotopic (exact) mass is 304 g/mol. The van der Waals surface area contributed by atoms with Crippen molar-refractivity contribution in [3.8, 4) is 0 Å². The molecule has 2 atom stereocenters. The number of hydrogen-bond acceptors (Lipinski definition) is 4. The lowest BCUT2D eigenvalue weighted by atomic mass is 10.2. The van der Waals surface area contributed by atoms with Crippen molar-refractivity contribution in [2.45, 2.75) is 39.3 Å². The highest BCUT2D eigenvalue weighted by molar-refractivity contribution is 5.80. The van der Waals surface area contributed by atoms with Crippen LogP contribution < -0.4 is 0 Å². The van der Waals surface area contributed by atoms with Crippen molar-refractivity contribution < 1.29 is 24.2 Å². The zero-order valence-electron chi connectivity index (χ0n) is 13.7. The molecule has 7 nitrogen and oxygen atoms in total. The molecule has 7 heteroatoms. The third kappa shape index (κ3) is 6.77. The van der Waals surface area contributed by atoms with Gasteiger partial charge in [0.2, 0.25) is 0 Å². The van der Waals surface area contributed by atoms with Crippen LogP contribution in [0.15, 0.2) is 0 Å². The third-order valence-electron chi connectivity index (χ3n) is 3.40. The summed E-state index contributed by atoms with van der Waals surface area (Å²) in [6.45, 7) is 6.50. The number of methoxy groups -OCH3 is 2. The molecule has 21 heavy (non-hydrogen) atoms. The number of carboxylic acid groups (broad SMARTS) is 1. The summed E-state index contributed by atoms with van der Waals surface area (Å²) in [6, 6.07) is -0.597. The van der Waals surface area contributed by atoms with E-state index >= 15 is 0 Å². The van der Waals surface area contributed by atoms with Crippen LogP contribution in [0.2, 0.25) is 0 Å². The largest absolute Gasteiger partial charge is 0.480 e. The van der Waals surface area contributed by atoms with Gasteiger partial charge in [0.25, 0.3) is 0 Å². The first-order valence-electron chi connectivity index (χ1n) is 7.15. The van der Waals surface area contributed by atoms with Gasteiger partial charge >= 0.3 is 12.0 Å². The SMILES string of the molecule is CCC(C)N(CC(=O)O)C(=O)N(CCOC)C(C)COC. The standard InChI is InChI=1S/C14H28N2O5/c1-6-11(2)16(9-13(17)18)14(19)15(7-8-20-4)12(3)10-21-5/h11-12H,6-10H2,1-5H3,(H,17,18). The number of carboxylic acids is 1. The minimum atomic E-state index is -1.02. The molecule has 0 saturated heterocycles. The van der Waals surface area contributed by atoms with E-state index in [0.29, 0.717) is 26.2 Å². The molecule has 0 aliphatic rings. The molecule has 124 valence electrons. The molecule has 0 aliphatic heterocycles. The zero-order valence-corrected chi connectivity index (χ0v) is 13.7. The van der Waals surface area contributed by atoms with E-state index in [9.17, 15) is 9.59 Å². The molecule has 0 radical (unpaired) electrons. The van der Waals surface area contributed by atoms with Crippen LogP contribution in [0.5, 0.6) is 0 Å². The molecule has 2 amide bonds. The van der Waals surface area contributed by atoms with Crippen molar-refractivity contribution >= 4 is 12.0 Å². The van der Waals surface area contributed by atoms with E-state index in [2.05, 4.69) is 0 Å². The van der Waals surface area contributed by atoms with Crippen LogP contribution in [0.3, 0.4) is 0 Å². The summed E-state index contributed by atoms with van der Waals surface area (Å²) in [5, 5.41) is 9.02. The van der Waals surface area contributed by atoms with Crippen molar-refractivity contribution in [1.82, 2.24) is 9.80 Å². The molecule has 0 rings (SSSR count). The Labute approximate surface area is 126 Å². The number of amides is 2. The van der Waals surface area contributed by atoms with Crippen LogP contribution in [0.25, 0.3) is 0 Å². The number of urea groups is 1. The average molecular weight is 304 g/mol. The summed E-state index contributed by atoms with van der Waals surface area (Å²) in [7, 11) is 3.13. The normalized spacial score (nSPS) is 13.6. The van der Waals surface area contributed by atoms with Gasteiger partial charge in [-0.1, -0.05) is 6.92 Å². The Kier molecular flexibility index (Phi) is 9.73. The molecular weight excluding hydrogens is 276 g/mol. The van der Waals surface area contributed by atoms with Crippen molar-refractivity contribution in [1.29, 1.82) is 0 Å². The number of hydrogen-bond donors (Lipinski definition) is 1. The van der Waals surface area contributed by atoms with Gasteiger partial charge in [-0.3, -0.25) is 4.79 Å². The number of carbonyl (C=O) groups is 2. The summed E-state index contributed by atoms with van der Waals surface area (Å²) in [5.41, 5.74) is 0. The molecule has 0 aliphatic carbocycles.